The van der Waals surface area contributed by atoms with Gasteiger partial charge >= 0.3 is 0 Å². The first-order valence-electron chi connectivity index (χ1n) is 7.79. The molecule has 0 atom stereocenters. The van der Waals surface area contributed by atoms with Crippen molar-refractivity contribution >= 4 is 23.5 Å². The van der Waals surface area contributed by atoms with Gasteiger partial charge in [0.2, 0.25) is 5.91 Å². The molecule has 1 aromatic rings. The third kappa shape index (κ3) is 3.51. The first-order valence-corrected chi connectivity index (χ1v) is 8.94. The smallest absolute Gasteiger partial charge is 0.225 e. The molecule has 0 bridgehead atoms. The van der Waals surface area contributed by atoms with Crippen molar-refractivity contribution in [3.63, 3.8) is 0 Å². The third-order valence-electron chi connectivity index (χ3n) is 4.36. The molecule has 21 heavy (non-hydrogen) atoms. The van der Waals surface area contributed by atoms with E-state index in [1.807, 2.05) is 24.8 Å². The molecule has 3 rings (SSSR count). The SMILES string of the molecule is Cc1cccc(N2CCC(C(=O)N3CCSCC3)CC2)n1. The molecule has 4 nitrogen and oxygen atoms in total. The number of aryl methyl sites for hydroxylation is 1. The first kappa shape index (κ1) is 14.7. The maximum absolute atomic E-state index is 12.5. The normalized spacial score (nSPS) is 20.6. The molecule has 0 unspecified atom stereocenters. The predicted octanol–water partition coefficient (Wildman–Crippen LogP) is 2.18. The van der Waals surface area contributed by atoms with Crippen LogP contribution in [0.25, 0.3) is 0 Å². The second-order valence-electron chi connectivity index (χ2n) is 5.84. The number of nitrogens with zero attached hydrogens (tertiary/aromatic N) is 3. The molecule has 2 fully saturated rings. The monoisotopic (exact) mass is 305 g/mol. The van der Waals surface area contributed by atoms with E-state index in [2.05, 4.69) is 26.9 Å². The Hall–Kier alpha value is -1.23. The van der Waals surface area contributed by atoms with Crippen LogP contribution in [0.3, 0.4) is 0 Å². The summed E-state index contributed by atoms with van der Waals surface area (Å²) < 4.78 is 0. The van der Waals surface area contributed by atoms with Crippen LogP contribution in [0, 0.1) is 12.8 Å². The van der Waals surface area contributed by atoms with Crippen molar-refractivity contribution in [2.75, 3.05) is 42.6 Å². The van der Waals surface area contributed by atoms with Crippen LogP contribution in [0.4, 0.5) is 5.82 Å². The molecule has 114 valence electrons. The fraction of sp³-hybridized carbons (Fsp3) is 0.625. The summed E-state index contributed by atoms with van der Waals surface area (Å²) in [5, 5.41) is 0. The van der Waals surface area contributed by atoms with E-state index in [0.717, 1.165) is 62.0 Å². The van der Waals surface area contributed by atoms with Crippen LogP contribution in [0.2, 0.25) is 0 Å². The van der Waals surface area contributed by atoms with Gasteiger partial charge in [-0.05, 0) is 31.9 Å². The minimum atomic E-state index is 0.217. The van der Waals surface area contributed by atoms with Crippen LogP contribution in [0.1, 0.15) is 18.5 Å². The highest BCUT2D eigenvalue weighted by Gasteiger charge is 2.29. The fourth-order valence-electron chi connectivity index (χ4n) is 3.10. The van der Waals surface area contributed by atoms with Gasteiger partial charge < -0.3 is 9.80 Å². The lowest BCUT2D eigenvalue weighted by Gasteiger charge is -2.36. The molecular formula is C16H23N3OS. The van der Waals surface area contributed by atoms with Gasteiger partial charge in [0.1, 0.15) is 5.82 Å². The van der Waals surface area contributed by atoms with Crippen LogP contribution in [0.15, 0.2) is 18.2 Å². The first-order chi connectivity index (χ1) is 10.2. The quantitative estimate of drug-likeness (QED) is 0.839. The molecule has 2 saturated heterocycles. The van der Waals surface area contributed by atoms with Crippen LogP contribution < -0.4 is 4.90 Å². The average Bonchev–Trinajstić information content (AvgIpc) is 2.55. The minimum absolute atomic E-state index is 0.217. The van der Waals surface area contributed by atoms with Crippen LogP contribution in [-0.2, 0) is 4.79 Å². The largest absolute Gasteiger partial charge is 0.357 e. The van der Waals surface area contributed by atoms with Crippen molar-refractivity contribution in [1.82, 2.24) is 9.88 Å². The predicted molar refractivity (Wildman–Crippen MR) is 87.8 cm³/mol. The van der Waals surface area contributed by atoms with E-state index in [-0.39, 0.29) is 5.92 Å². The van der Waals surface area contributed by atoms with E-state index < -0.39 is 0 Å². The highest BCUT2D eigenvalue weighted by molar-refractivity contribution is 7.99. The highest BCUT2D eigenvalue weighted by Crippen LogP contribution is 2.24. The zero-order valence-electron chi connectivity index (χ0n) is 12.6. The lowest BCUT2D eigenvalue weighted by molar-refractivity contribution is -0.135. The molecule has 1 aromatic heterocycles. The van der Waals surface area contributed by atoms with Crippen LogP contribution in [0.5, 0.6) is 0 Å². The Kier molecular flexibility index (Phi) is 4.68. The number of pyridine rings is 1. The van der Waals surface area contributed by atoms with E-state index in [1.54, 1.807) is 0 Å². The number of piperidine rings is 1. The average molecular weight is 305 g/mol. The molecule has 1 amide bonds. The number of thioether (sulfide) groups is 1. The molecule has 0 spiro atoms. The summed E-state index contributed by atoms with van der Waals surface area (Å²) in [6.45, 7) is 5.77. The second kappa shape index (κ2) is 6.69. The van der Waals surface area contributed by atoms with E-state index in [4.69, 9.17) is 0 Å². The van der Waals surface area contributed by atoms with E-state index in [1.165, 1.54) is 0 Å². The number of aromatic nitrogens is 1. The zero-order chi connectivity index (χ0) is 14.7. The summed E-state index contributed by atoms with van der Waals surface area (Å²) in [6.07, 6.45) is 1.91. The third-order valence-corrected chi connectivity index (χ3v) is 5.31. The number of hydrogen-bond acceptors (Lipinski definition) is 4. The van der Waals surface area contributed by atoms with Gasteiger partial charge in [0, 0.05) is 49.3 Å². The molecule has 5 heteroatoms. The van der Waals surface area contributed by atoms with Gasteiger partial charge in [-0.15, -0.1) is 0 Å². The van der Waals surface area contributed by atoms with Crippen molar-refractivity contribution in [3.05, 3.63) is 23.9 Å². The molecule has 0 radical (unpaired) electrons. The van der Waals surface area contributed by atoms with Crippen molar-refractivity contribution in [2.24, 2.45) is 5.92 Å². The molecule has 0 saturated carbocycles. The van der Waals surface area contributed by atoms with Gasteiger partial charge in [-0.2, -0.15) is 11.8 Å². The van der Waals surface area contributed by atoms with Crippen molar-refractivity contribution in [2.45, 2.75) is 19.8 Å². The summed E-state index contributed by atoms with van der Waals surface area (Å²) in [5.41, 5.74) is 1.05. The van der Waals surface area contributed by atoms with Gasteiger partial charge in [-0.3, -0.25) is 4.79 Å². The topological polar surface area (TPSA) is 36.4 Å². The van der Waals surface area contributed by atoms with Crippen LogP contribution in [-0.4, -0.2) is 53.5 Å². The number of rotatable bonds is 2. The van der Waals surface area contributed by atoms with E-state index in [0.29, 0.717) is 5.91 Å². The Labute approximate surface area is 130 Å². The minimum Gasteiger partial charge on any atom is -0.357 e. The number of carbonyl (C=O) groups is 1. The summed E-state index contributed by atoms with van der Waals surface area (Å²) in [4.78, 5) is 21.5. The number of hydrogen-bond donors (Lipinski definition) is 0. The lowest BCUT2D eigenvalue weighted by Crippen LogP contribution is -2.45. The molecule has 2 aliphatic rings. The Morgan fingerprint density at radius 1 is 1.19 bits per heavy atom. The summed E-state index contributed by atoms with van der Waals surface area (Å²) >= 11 is 1.95. The van der Waals surface area contributed by atoms with Gasteiger partial charge in [0.05, 0.1) is 0 Å². The standard InChI is InChI=1S/C16H23N3OS/c1-13-3-2-4-15(17-13)18-7-5-14(6-8-18)16(20)19-9-11-21-12-10-19/h2-4,14H,5-12H2,1H3. The summed E-state index contributed by atoms with van der Waals surface area (Å²) in [6, 6.07) is 6.14. The Morgan fingerprint density at radius 3 is 2.57 bits per heavy atom. The molecule has 3 heterocycles. The molecule has 0 aliphatic carbocycles. The molecule has 0 aromatic carbocycles. The number of anilines is 1. The fourth-order valence-corrected chi connectivity index (χ4v) is 4.01. The van der Waals surface area contributed by atoms with Crippen LogP contribution >= 0.6 is 11.8 Å². The zero-order valence-corrected chi connectivity index (χ0v) is 13.4. The Morgan fingerprint density at radius 2 is 1.90 bits per heavy atom. The molecule has 0 N–H and O–H groups in total. The molecular weight excluding hydrogens is 282 g/mol. The van der Waals surface area contributed by atoms with Crippen molar-refractivity contribution in [1.29, 1.82) is 0 Å². The highest BCUT2D eigenvalue weighted by atomic mass is 32.2. The van der Waals surface area contributed by atoms with Crippen molar-refractivity contribution < 1.29 is 4.79 Å². The Bertz CT molecular complexity index is 494. The maximum atomic E-state index is 12.5. The summed E-state index contributed by atoms with van der Waals surface area (Å²) in [5.74, 6) is 3.84. The number of carbonyl (C=O) groups excluding carboxylic acids is 1. The lowest BCUT2D eigenvalue weighted by atomic mass is 9.95. The van der Waals surface area contributed by atoms with Gasteiger partial charge in [0.15, 0.2) is 0 Å². The van der Waals surface area contributed by atoms with Gasteiger partial charge in [-0.1, -0.05) is 6.07 Å². The van der Waals surface area contributed by atoms with E-state index >= 15 is 0 Å². The van der Waals surface area contributed by atoms with Gasteiger partial charge in [-0.25, -0.2) is 4.98 Å². The molecule has 2 aliphatic heterocycles. The van der Waals surface area contributed by atoms with Gasteiger partial charge in [0.25, 0.3) is 0 Å². The maximum Gasteiger partial charge on any atom is 0.225 e. The number of amides is 1. The Balaban J connectivity index is 1.56. The second-order valence-corrected chi connectivity index (χ2v) is 7.06. The van der Waals surface area contributed by atoms with Crippen molar-refractivity contribution in [3.8, 4) is 0 Å². The summed E-state index contributed by atoms with van der Waals surface area (Å²) in [7, 11) is 0. The van der Waals surface area contributed by atoms with E-state index in [9.17, 15) is 4.79 Å².